The second-order valence-corrected chi connectivity index (χ2v) is 13.6. The van der Waals surface area contributed by atoms with Crippen LogP contribution in [0, 0.1) is 0 Å². The van der Waals surface area contributed by atoms with Crippen LogP contribution >= 0.6 is 23.2 Å². The predicted octanol–water partition coefficient (Wildman–Crippen LogP) is 4.76. The Bertz CT molecular complexity index is 1280. The molecule has 0 unspecified atom stereocenters. The molecule has 0 radical (unpaired) electrons. The van der Waals surface area contributed by atoms with E-state index < -0.39 is 25.3 Å². The fourth-order valence-corrected chi connectivity index (χ4v) is 6.73. The van der Waals surface area contributed by atoms with Gasteiger partial charge in [0.1, 0.15) is 11.5 Å². The number of rotatable bonds is 9. The molecule has 12 heteroatoms. The quantitative estimate of drug-likeness (QED) is 0.471. The third-order valence-corrected chi connectivity index (χ3v) is 9.86. The number of sulfonamides is 2. The van der Waals surface area contributed by atoms with Crippen LogP contribution in [0.3, 0.4) is 0 Å². The number of halogens is 2. The summed E-state index contributed by atoms with van der Waals surface area (Å²) in [5.74, 6) is 1.69. The van der Waals surface area contributed by atoms with Crippen molar-refractivity contribution in [1.29, 1.82) is 0 Å². The molecule has 0 aliphatic carbocycles. The van der Waals surface area contributed by atoms with E-state index >= 15 is 0 Å². The van der Waals surface area contributed by atoms with Crippen LogP contribution in [0.25, 0.3) is 0 Å². The summed E-state index contributed by atoms with van der Waals surface area (Å²) >= 11 is 12.9. The highest BCUT2D eigenvalue weighted by atomic mass is 35.5. The summed E-state index contributed by atoms with van der Waals surface area (Å²) in [5, 5.41) is -0.193. The van der Waals surface area contributed by atoms with Gasteiger partial charge in [-0.1, -0.05) is 43.1 Å². The summed E-state index contributed by atoms with van der Waals surface area (Å²) < 4.78 is 64.3. The first-order chi connectivity index (χ1) is 16.3. The Hall–Kier alpha value is -1.56. The Morgan fingerprint density at radius 3 is 2.31 bits per heavy atom. The van der Waals surface area contributed by atoms with E-state index in [1.54, 1.807) is 31.4 Å². The van der Waals surface area contributed by atoms with Crippen LogP contribution in [-0.2, 0) is 26.6 Å². The lowest BCUT2D eigenvalue weighted by Crippen LogP contribution is -2.45. The second kappa shape index (κ2) is 11.2. The second-order valence-electron chi connectivity index (χ2n) is 8.74. The lowest BCUT2D eigenvalue weighted by Gasteiger charge is -2.30. The van der Waals surface area contributed by atoms with Crippen molar-refractivity contribution in [2.24, 2.45) is 0 Å². The van der Waals surface area contributed by atoms with Gasteiger partial charge >= 0.3 is 0 Å². The summed E-state index contributed by atoms with van der Waals surface area (Å²) in [4.78, 5) is 0. The van der Waals surface area contributed by atoms with Crippen molar-refractivity contribution in [3.05, 3.63) is 51.5 Å². The zero-order valence-electron chi connectivity index (χ0n) is 20.0. The minimum Gasteiger partial charge on any atom is -0.496 e. The van der Waals surface area contributed by atoms with E-state index in [0.29, 0.717) is 11.3 Å². The molecule has 1 aliphatic heterocycles. The van der Waals surface area contributed by atoms with Crippen LogP contribution in [0.1, 0.15) is 43.7 Å². The Labute approximate surface area is 217 Å². The van der Waals surface area contributed by atoms with Gasteiger partial charge < -0.3 is 9.47 Å². The molecule has 3 rings (SSSR count). The summed E-state index contributed by atoms with van der Waals surface area (Å²) in [5.41, 5.74) is 1.46. The minimum atomic E-state index is -3.69. The van der Waals surface area contributed by atoms with E-state index in [-0.39, 0.29) is 54.2 Å². The average molecular weight is 566 g/mol. The highest BCUT2D eigenvalue weighted by Crippen LogP contribution is 2.40. The van der Waals surface area contributed by atoms with Crippen LogP contribution in [0.4, 0.5) is 0 Å². The zero-order chi connectivity index (χ0) is 26.0. The lowest BCUT2D eigenvalue weighted by atomic mass is 10.0. The fraction of sp³-hybridized carbons (Fsp3) is 0.478. The molecule has 2 aromatic carbocycles. The molecule has 35 heavy (non-hydrogen) atoms. The van der Waals surface area contributed by atoms with Crippen molar-refractivity contribution in [2.45, 2.75) is 44.4 Å². The first-order valence-corrected chi connectivity index (χ1v) is 15.2. The van der Waals surface area contributed by atoms with E-state index in [9.17, 15) is 16.8 Å². The molecular weight excluding hydrogens is 535 g/mol. The third kappa shape index (κ3) is 6.81. The number of nitrogens with zero attached hydrogens (tertiary/aromatic N) is 1. The van der Waals surface area contributed by atoms with Crippen LogP contribution in [0.5, 0.6) is 17.2 Å². The van der Waals surface area contributed by atoms with E-state index in [0.717, 1.165) is 17.6 Å². The van der Waals surface area contributed by atoms with Gasteiger partial charge in [0.15, 0.2) is 5.75 Å². The molecule has 1 N–H and O–H groups in total. The normalized spacial score (nSPS) is 16.0. The molecule has 194 valence electrons. The van der Waals surface area contributed by atoms with Crippen LogP contribution in [0.2, 0.25) is 10.0 Å². The van der Waals surface area contributed by atoms with E-state index in [1.807, 2.05) is 19.9 Å². The van der Waals surface area contributed by atoms with Gasteiger partial charge in [0.25, 0.3) is 0 Å². The van der Waals surface area contributed by atoms with Gasteiger partial charge in [0.05, 0.1) is 28.7 Å². The molecule has 1 heterocycles. The van der Waals surface area contributed by atoms with E-state index in [2.05, 4.69) is 4.72 Å². The topological polar surface area (TPSA) is 102 Å². The first-order valence-electron chi connectivity index (χ1n) is 11.1. The van der Waals surface area contributed by atoms with Crippen LogP contribution in [-0.4, -0.2) is 52.8 Å². The maximum absolute atomic E-state index is 12.8. The molecule has 8 nitrogen and oxygen atoms in total. The number of nitrogens with one attached hydrogen (secondary N) is 1. The van der Waals surface area contributed by atoms with Gasteiger partial charge in [-0.2, -0.15) is 0 Å². The van der Waals surface area contributed by atoms with Crippen molar-refractivity contribution in [3.63, 3.8) is 0 Å². The fourth-order valence-electron chi connectivity index (χ4n) is 3.92. The van der Waals surface area contributed by atoms with Gasteiger partial charge in [-0.25, -0.2) is 25.9 Å². The van der Waals surface area contributed by atoms with E-state index in [1.165, 1.54) is 4.31 Å². The monoisotopic (exact) mass is 564 g/mol. The molecule has 0 bridgehead atoms. The van der Waals surface area contributed by atoms with Gasteiger partial charge in [0, 0.05) is 25.2 Å². The highest BCUT2D eigenvalue weighted by molar-refractivity contribution is 7.90. The van der Waals surface area contributed by atoms with Gasteiger partial charge in [0.2, 0.25) is 20.0 Å². The number of benzene rings is 2. The molecule has 0 saturated carbocycles. The van der Waals surface area contributed by atoms with Crippen molar-refractivity contribution in [2.75, 3.05) is 26.5 Å². The first kappa shape index (κ1) is 28.0. The predicted molar refractivity (Wildman–Crippen MR) is 139 cm³/mol. The molecule has 2 aromatic rings. The molecule has 0 atom stereocenters. The number of hydrogen-bond donors (Lipinski definition) is 1. The van der Waals surface area contributed by atoms with E-state index in [4.69, 9.17) is 32.7 Å². The largest absolute Gasteiger partial charge is 0.496 e. The molecule has 0 aromatic heterocycles. The number of methoxy groups -OCH3 is 1. The Balaban J connectivity index is 1.74. The molecule has 0 spiro atoms. The van der Waals surface area contributed by atoms with Gasteiger partial charge in [-0.15, -0.1) is 0 Å². The number of hydrogen-bond acceptors (Lipinski definition) is 6. The van der Waals surface area contributed by atoms with Crippen LogP contribution < -0.4 is 14.2 Å². The smallest absolute Gasteiger partial charge is 0.214 e. The highest BCUT2D eigenvalue weighted by Gasteiger charge is 2.32. The van der Waals surface area contributed by atoms with Crippen molar-refractivity contribution < 1.29 is 26.3 Å². The van der Waals surface area contributed by atoms with Gasteiger partial charge in [-0.3, -0.25) is 0 Å². The van der Waals surface area contributed by atoms with Gasteiger partial charge in [-0.05, 0) is 48.6 Å². The number of piperidine rings is 1. The van der Waals surface area contributed by atoms with Crippen LogP contribution in [0.15, 0.2) is 30.3 Å². The molecule has 1 fully saturated rings. The lowest BCUT2D eigenvalue weighted by molar-refractivity contribution is 0.347. The van der Waals surface area contributed by atoms with Crippen molar-refractivity contribution in [3.8, 4) is 17.2 Å². The molecule has 1 aliphatic rings. The molecule has 1 saturated heterocycles. The minimum absolute atomic E-state index is 0.0547. The average Bonchev–Trinajstić information content (AvgIpc) is 2.80. The standard InChI is InChI=1S/C23H30Cl2N2O6S2/c1-15(2)19-13-17(6-8-21(19)32-3)33-23-20(24)7-5-16(22(23)25)14-26-35(30,31)18-9-11-27(12-10-18)34(4,28)29/h5-8,13,15,18,26H,9-12,14H2,1-4H3. The summed E-state index contributed by atoms with van der Waals surface area (Å²) in [6.07, 6.45) is 1.57. The Kier molecular flexibility index (Phi) is 8.99. The summed E-state index contributed by atoms with van der Waals surface area (Å²) in [6, 6.07) is 8.65. The number of ether oxygens (including phenoxy) is 2. The summed E-state index contributed by atoms with van der Waals surface area (Å²) in [7, 11) is -5.42. The molecule has 0 amide bonds. The Morgan fingerprint density at radius 1 is 1.09 bits per heavy atom. The Morgan fingerprint density at radius 2 is 1.74 bits per heavy atom. The maximum Gasteiger partial charge on any atom is 0.214 e. The SMILES string of the molecule is COc1ccc(Oc2c(Cl)ccc(CNS(=O)(=O)C3CCN(S(C)(=O)=O)CC3)c2Cl)cc1C(C)C. The maximum atomic E-state index is 12.8. The van der Waals surface area contributed by atoms with Crippen molar-refractivity contribution in [1.82, 2.24) is 9.03 Å². The third-order valence-electron chi connectivity index (χ3n) is 5.94. The summed E-state index contributed by atoms with van der Waals surface area (Å²) in [6.45, 7) is 4.37. The van der Waals surface area contributed by atoms with Crippen molar-refractivity contribution >= 4 is 43.2 Å². The zero-order valence-corrected chi connectivity index (χ0v) is 23.2. The molecular formula is C23H30Cl2N2O6S2.